The van der Waals surface area contributed by atoms with Gasteiger partial charge in [-0.1, -0.05) is 0 Å². The number of rotatable bonds is 2. The Balaban J connectivity index is 2.38. The molecule has 0 unspecified atom stereocenters. The second-order valence-electron chi connectivity index (χ2n) is 2.15. The number of amides is 3. The van der Waals surface area contributed by atoms with Gasteiger partial charge in [0.1, 0.15) is 5.88 Å². The number of urea groups is 1. The number of halogens is 1. The number of hydrogen-bond acceptors (Lipinski definition) is 3. The smallest absolute Gasteiger partial charge is 0.307 e. The van der Waals surface area contributed by atoms with Gasteiger partial charge in [-0.05, 0) is 11.4 Å². The number of thiophene rings is 1. The first-order valence-electron chi connectivity index (χ1n) is 3.41. The van der Waals surface area contributed by atoms with Crippen LogP contribution in [0.15, 0.2) is 16.8 Å². The maximum absolute atomic E-state index is 11.0. The third kappa shape index (κ3) is 3.43. The first kappa shape index (κ1) is 10.0. The minimum atomic E-state index is -0.566. The molecule has 2 N–H and O–H groups in total. The molecule has 0 aliphatic heterocycles. The third-order valence-corrected chi connectivity index (χ3v) is 2.08. The summed E-state index contributed by atoms with van der Waals surface area (Å²) in [4.78, 5) is 21.6. The number of carbonyl (C=O) groups excluding carboxylic acids is 2. The van der Waals surface area contributed by atoms with Crippen molar-refractivity contribution in [3.63, 3.8) is 0 Å². The fourth-order valence-electron chi connectivity index (χ4n) is 0.658. The molecule has 0 fully saturated rings. The zero-order valence-corrected chi connectivity index (χ0v) is 8.11. The molecular formula is C7H7ClN2O2S. The van der Waals surface area contributed by atoms with Crippen LogP contribution in [0.2, 0.25) is 0 Å². The Bertz CT molecular complexity index is 299. The summed E-state index contributed by atoms with van der Waals surface area (Å²) in [5.74, 6) is -0.744. The van der Waals surface area contributed by atoms with Gasteiger partial charge in [-0.15, -0.1) is 11.6 Å². The number of alkyl halides is 1. The highest BCUT2D eigenvalue weighted by Gasteiger charge is 2.05. The molecule has 0 radical (unpaired) electrons. The van der Waals surface area contributed by atoms with Gasteiger partial charge >= 0.3 is 6.03 Å². The molecule has 3 amide bonds. The second kappa shape index (κ2) is 4.84. The van der Waals surface area contributed by atoms with Crippen LogP contribution in [-0.2, 0) is 4.79 Å². The molecule has 13 heavy (non-hydrogen) atoms. The van der Waals surface area contributed by atoms with Gasteiger partial charge in [0.2, 0.25) is 5.91 Å². The van der Waals surface area contributed by atoms with Crippen LogP contribution in [-0.4, -0.2) is 17.8 Å². The second-order valence-corrected chi connectivity index (χ2v) is 3.20. The molecule has 0 aromatic carbocycles. The highest BCUT2D eigenvalue weighted by Crippen LogP contribution is 2.10. The highest BCUT2D eigenvalue weighted by atomic mass is 35.5. The Hall–Kier alpha value is -1.07. The number of hydrogen-bond donors (Lipinski definition) is 2. The zero-order chi connectivity index (χ0) is 9.68. The molecule has 4 nitrogen and oxygen atoms in total. The van der Waals surface area contributed by atoms with E-state index >= 15 is 0 Å². The standard InChI is InChI=1S/C7H7ClN2O2S/c8-3-6(11)10-7(12)9-5-1-2-13-4-5/h1-2,4H,3H2,(H2,9,10,11,12). The molecular weight excluding hydrogens is 212 g/mol. The molecule has 1 heterocycles. The Morgan fingerprint density at radius 1 is 1.54 bits per heavy atom. The first-order chi connectivity index (χ1) is 6.22. The Morgan fingerprint density at radius 2 is 2.31 bits per heavy atom. The van der Waals surface area contributed by atoms with Crippen LogP contribution in [0.25, 0.3) is 0 Å². The molecule has 0 aliphatic rings. The molecule has 1 aromatic rings. The monoisotopic (exact) mass is 218 g/mol. The molecule has 0 atom stereocenters. The number of anilines is 1. The van der Waals surface area contributed by atoms with Crippen molar-refractivity contribution in [3.05, 3.63) is 16.8 Å². The van der Waals surface area contributed by atoms with Crippen molar-refractivity contribution >= 4 is 40.6 Å². The summed E-state index contributed by atoms with van der Waals surface area (Å²) in [6.45, 7) is 0. The number of nitrogens with one attached hydrogen (secondary N) is 2. The lowest BCUT2D eigenvalue weighted by molar-refractivity contribution is -0.117. The van der Waals surface area contributed by atoms with Crippen molar-refractivity contribution in [1.82, 2.24) is 5.32 Å². The van der Waals surface area contributed by atoms with E-state index in [-0.39, 0.29) is 5.88 Å². The zero-order valence-electron chi connectivity index (χ0n) is 6.54. The highest BCUT2D eigenvalue weighted by molar-refractivity contribution is 7.08. The fourth-order valence-corrected chi connectivity index (χ4v) is 1.31. The van der Waals surface area contributed by atoms with E-state index < -0.39 is 11.9 Å². The maximum Gasteiger partial charge on any atom is 0.325 e. The summed E-state index contributed by atoms with van der Waals surface area (Å²) < 4.78 is 0. The quantitative estimate of drug-likeness (QED) is 0.742. The predicted octanol–water partition coefficient (Wildman–Crippen LogP) is 1.64. The number of carbonyl (C=O) groups is 2. The minimum Gasteiger partial charge on any atom is -0.307 e. The normalized spacial score (nSPS) is 9.31. The van der Waals surface area contributed by atoms with Crippen LogP contribution in [0, 0.1) is 0 Å². The van der Waals surface area contributed by atoms with Gasteiger partial charge in [-0.3, -0.25) is 10.1 Å². The van der Waals surface area contributed by atoms with E-state index in [1.165, 1.54) is 11.3 Å². The summed E-state index contributed by atoms with van der Waals surface area (Å²) in [7, 11) is 0. The molecule has 0 aliphatic carbocycles. The lowest BCUT2D eigenvalue weighted by Crippen LogP contribution is -2.34. The molecule has 70 valence electrons. The Morgan fingerprint density at radius 3 is 2.85 bits per heavy atom. The molecule has 6 heteroatoms. The van der Waals surface area contributed by atoms with Crippen molar-refractivity contribution in [1.29, 1.82) is 0 Å². The van der Waals surface area contributed by atoms with Gasteiger partial charge in [0.05, 0.1) is 5.69 Å². The molecule has 0 spiro atoms. The maximum atomic E-state index is 11.0. The lowest BCUT2D eigenvalue weighted by Gasteiger charge is -2.01. The van der Waals surface area contributed by atoms with Gasteiger partial charge in [0.15, 0.2) is 0 Å². The minimum absolute atomic E-state index is 0.225. The fraction of sp³-hybridized carbons (Fsp3) is 0.143. The average molecular weight is 219 g/mol. The van der Waals surface area contributed by atoms with Crippen LogP contribution >= 0.6 is 22.9 Å². The predicted molar refractivity (Wildman–Crippen MR) is 52.2 cm³/mol. The van der Waals surface area contributed by atoms with Crippen molar-refractivity contribution in [2.45, 2.75) is 0 Å². The first-order valence-corrected chi connectivity index (χ1v) is 4.89. The Kier molecular flexibility index (Phi) is 3.72. The molecule has 0 saturated heterocycles. The van der Waals surface area contributed by atoms with E-state index in [2.05, 4.69) is 10.6 Å². The largest absolute Gasteiger partial charge is 0.325 e. The van der Waals surface area contributed by atoms with Crippen LogP contribution in [0.4, 0.5) is 10.5 Å². The van der Waals surface area contributed by atoms with E-state index in [1.54, 1.807) is 11.4 Å². The Labute approximate surface area is 83.9 Å². The van der Waals surface area contributed by atoms with E-state index in [0.717, 1.165) is 0 Å². The average Bonchev–Trinajstić information content (AvgIpc) is 2.56. The molecule has 0 bridgehead atoms. The number of imide groups is 1. The van der Waals surface area contributed by atoms with Gasteiger partial charge in [0, 0.05) is 5.38 Å². The van der Waals surface area contributed by atoms with Gasteiger partial charge in [0.25, 0.3) is 0 Å². The van der Waals surface area contributed by atoms with Crippen molar-refractivity contribution in [2.75, 3.05) is 11.2 Å². The van der Waals surface area contributed by atoms with Crippen molar-refractivity contribution < 1.29 is 9.59 Å². The summed E-state index contributed by atoms with van der Waals surface area (Å²) in [6, 6.07) is 1.17. The summed E-state index contributed by atoms with van der Waals surface area (Å²) in [5.41, 5.74) is 0.657. The van der Waals surface area contributed by atoms with E-state index in [9.17, 15) is 9.59 Å². The molecule has 1 rings (SSSR count). The van der Waals surface area contributed by atoms with Crippen LogP contribution in [0.3, 0.4) is 0 Å². The topological polar surface area (TPSA) is 58.2 Å². The van der Waals surface area contributed by atoms with Crippen molar-refractivity contribution in [3.8, 4) is 0 Å². The van der Waals surface area contributed by atoms with E-state index in [0.29, 0.717) is 5.69 Å². The van der Waals surface area contributed by atoms with Gasteiger partial charge in [-0.2, -0.15) is 11.3 Å². The molecule has 1 aromatic heterocycles. The molecule has 0 saturated carbocycles. The van der Waals surface area contributed by atoms with E-state index in [4.69, 9.17) is 11.6 Å². The van der Waals surface area contributed by atoms with Crippen molar-refractivity contribution in [2.24, 2.45) is 0 Å². The summed E-state index contributed by atoms with van der Waals surface area (Å²) in [5, 5.41) is 8.09. The summed E-state index contributed by atoms with van der Waals surface area (Å²) >= 11 is 6.64. The summed E-state index contributed by atoms with van der Waals surface area (Å²) in [6.07, 6.45) is 0. The van der Waals surface area contributed by atoms with Gasteiger partial charge in [-0.25, -0.2) is 4.79 Å². The van der Waals surface area contributed by atoms with Crippen LogP contribution in [0.5, 0.6) is 0 Å². The third-order valence-electron chi connectivity index (χ3n) is 1.15. The van der Waals surface area contributed by atoms with Crippen LogP contribution < -0.4 is 10.6 Å². The van der Waals surface area contributed by atoms with Crippen LogP contribution in [0.1, 0.15) is 0 Å². The van der Waals surface area contributed by atoms with Gasteiger partial charge < -0.3 is 5.32 Å². The van der Waals surface area contributed by atoms with E-state index in [1.807, 2.05) is 5.38 Å². The SMILES string of the molecule is O=C(CCl)NC(=O)Nc1ccsc1. The lowest BCUT2D eigenvalue weighted by atomic mass is 10.5.